The second-order valence-electron chi connectivity index (χ2n) is 14.6. The number of aromatic nitrogens is 4. The first-order valence-electron chi connectivity index (χ1n) is 19.4. The van der Waals surface area contributed by atoms with Gasteiger partial charge in [-0.05, 0) is 107 Å². The van der Waals surface area contributed by atoms with E-state index in [1.54, 1.807) is 67.7 Å². The van der Waals surface area contributed by atoms with E-state index in [-0.39, 0.29) is 47.6 Å². The second kappa shape index (κ2) is 19.8. The normalized spacial score (nSPS) is 14.0. The summed E-state index contributed by atoms with van der Waals surface area (Å²) in [6.45, 7) is 6.48. The predicted molar refractivity (Wildman–Crippen MR) is 247 cm³/mol. The maximum atomic E-state index is 13.1. The zero-order valence-corrected chi connectivity index (χ0v) is 39.1. The molecule has 0 atom stereocenters. The van der Waals surface area contributed by atoms with Crippen molar-refractivity contribution in [1.29, 1.82) is 0 Å². The van der Waals surface area contributed by atoms with E-state index in [4.69, 9.17) is 69.6 Å². The summed E-state index contributed by atoms with van der Waals surface area (Å²) in [7, 11) is 0. The van der Waals surface area contributed by atoms with Gasteiger partial charge >= 0.3 is 0 Å². The molecule has 18 heteroatoms. The van der Waals surface area contributed by atoms with Crippen LogP contribution in [0.2, 0.25) is 28.8 Å². The third kappa shape index (κ3) is 10.2. The average molecular weight is 980 g/mol. The summed E-state index contributed by atoms with van der Waals surface area (Å²) >= 11 is 40.1. The Balaban J connectivity index is 0.000000184. The Bertz CT molecular complexity index is 2640. The van der Waals surface area contributed by atoms with Crippen molar-refractivity contribution in [3.05, 3.63) is 112 Å². The Morgan fingerprint density at radius 3 is 1.26 bits per heavy atom. The van der Waals surface area contributed by atoms with Crippen molar-refractivity contribution in [2.24, 2.45) is 0 Å². The number of hydrogen-bond donors (Lipinski definition) is 0. The molecule has 0 saturated carbocycles. The van der Waals surface area contributed by atoms with Gasteiger partial charge in [0.15, 0.2) is 11.6 Å². The van der Waals surface area contributed by atoms with Crippen LogP contribution >= 0.6 is 92.3 Å². The maximum absolute atomic E-state index is 13.1. The molecule has 2 amide bonds. The lowest BCUT2D eigenvalue weighted by Crippen LogP contribution is -2.36. The van der Waals surface area contributed by atoms with Crippen molar-refractivity contribution >= 4 is 116 Å². The number of thiophene rings is 2. The van der Waals surface area contributed by atoms with Crippen LogP contribution in [0.15, 0.2) is 60.7 Å². The summed E-state index contributed by atoms with van der Waals surface area (Å²) in [5.41, 5.74) is 4.50. The van der Waals surface area contributed by atoms with Gasteiger partial charge in [0.2, 0.25) is 11.8 Å². The van der Waals surface area contributed by atoms with E-state index in [2.05, 4.69) is 10.2 Å². The largest absolute Gasteiger partial charge is 0.342 e. The fraction of sp³-hybridized carbons (Fsp3) is 0.302. The monoisotopic (exact) mass is 976 g/mol. The van der Waals surface area contributed by atoms with Crippen LogP contribution in [0.25, 0.3) is 32.5 Å². The number of carbonyl (C=O) groups is 4. The Labute approximate surface area is 390 Å². The van der Waals surface area contributed by atoms with Crippen LogP contribution < -0.4 is 0 Å². The molecule has 2 aromatic carbocycles. The number of piperidine rings is 1. The highest BCUT2D eigenvalue weighted by Crippen LogP contribution is 2.39. The molecule has 2 aliphatic rings. The summed E-state index contributed by atoms with van der Waals surface area (Å²) < 4.78 is 4.51. The molecule has 2 aliphatic heterocycles. The molecule has 61 heavy (non-hydrogen) atoms. The van der Waals surface area contributed by atoms with Gasteiger partial charge < -0.3 is 9.80 Å². The number of nitrogens with zero attached hydrogens (tertiary/aromatic N) is 6. The van der Waals surface area contributed by atoms with Crippen molar-refractivity contribution in [2.75, 3.05) is 26.2 Å². The first-order valence-corrected chi connectivity index (χ1v) is 23.3. The van der Waals surface area contributed by atoms with Crippen molar-refractivity contribution in [3.63, 3.8) is 0 Å². The van der Waals surface area contributed by atoms with Gasteiger partial charge in [0, 0.05) is 47.4 Å². The minimum atomic E-state index is -0.308. The number of halogens is 6. The fourth-order valence-electron chi connectivity index (χ4n) is 7.41. The molecule has 0 bridgehead atoms. The second-order valence-corrected chi connectivity index (χ2v) is 19.7. The van der Waals surface area contributed by atoms with Gasteiger partial charge in [0.05, 0.1) is 64.1 Å². The molecule has 8 rings (SSSR count). The van der Waals surface area contributed by atoms with Crippen LogP contribution in [0.4, 0.5) is 0 Å². The Morgan fingerprint density at radius 2 is 0.918 bits per heavy atom. The Kier molecular flexibility index (Phi) is 14.7. The molecule has 2 saturated heterocycles. The lowest BCUT2D eigenvalue weighted by Gasteiger charge is -2.26. The molecular formula is C43H38Cl6N6O4S2. The highest BCUT2D eigenvalue weighted by Gasteiger charge is 2.29. The molecule has 0 spiro atoms. The van der Waals surface area contributed by atoms with Crippen molar-refractivity contribution in [3.8, 4) is 32.5 Å². The highest BCUT2D eigenvalue weighted by atomic mass is 35.5. The highest BCUT2D eigenvalue weighted by molar-refractivity contribution is 7.19. The van der Waals surface area contributed by atoms with Crippen LogP contribution in [0, 0.1) is 13.8 Å². The molecular weight excluding hydrogens is 941 g/mol. The van der Waals surface area contributed by atoms with Crippen molar-refractivity contribution in [1.82, 2.24) is 29.4 Å². The number of likely N-dealkylation sites (tertiary alicyclic amines) is 2. The van der Waals surface area contributed by atoms with Gasteiger partial charge in [0.25, 0.3) is 0 Å². The van der Waals surface area contributed by atoms with Crippen LogP contribution in [-0.2, 0) is 9.59 Å². The number of rotatable bonds is 10. The van der Waals surface area contributed by atoms with Crippen LogP contribution in [0.3, 0.4) is 0 Å². The first kappa shape index (κ1) is 45.3. The number of amides is 2. The van der Waals surface area contributed by atoms with E-state index in [0.717, 1.165) is 47.6 Å². The fourth-order valence-corrected chi connectivity index (χ4v) is 10.7. The summed E-state index contributed by atoms with van der Waals surface area (Å²) in [5, 5.41) is 11.0. The van der Waals surface area contributed by atoms with E-state index in [0.29, 0.717) is 83.1 Å². The van der Waals surface area contributed by atoms with E-state index < -0.39 is 0 Å². The lowest BCUT2D eigenvalue weighted by molar-refractivity contribution is -0.131. The van der Waals surface area contributed by atoms with Gasteiger partial charge in [-0.15, -0.1) is 22.7 Å². The topological polar surface area (TPSA) is 110 Å². The summed E-state index contributed by atoms with van der Waals surface area (Å²) in [4.78, 5) is 56.4. The minimum absolute atomic E-state index is 0.149. The number of hydrogen-bond acceptors (Lipinski definition) is 8. The molecule has 0 unspecified atom stereocenters. The van der Waals surface area contributed by atoms with Crippen molar-refractivity contribution < 1.29 is 19.2 Å². The van der Waals surface area contributed by atoms with Gasteiger partial charge in [-0.25, -0.2) is 9.36 Å². The zero-order valence-electron chi connectivity index (χ0n) is 33.0. The molecule has 4 aromatic heterocycles. The molecule has 318 valence electrons. The maximum Gasteiger partial charge on any atom is 0.230 e. The SMILES string of the molecule is Cc1c(C(=O)CC(=O)N2CCCC2)nn(-c2ccc(Cl)cc2Cl)c1-c1ccc(Cl)s1.Cc1c(C(=O)CC(=O)N2CCCCC2)nn(-c2ccc(Cl)cc2Cl)c1-c1ccc(Cl)s1. The molecule has 2 fully saturated rings. The van der Waals surface area contributed by atoms with Gasteiger partial charge in [-0.3, -0.25) is 19.2 Å². The van der Waals surface area contributed by atoms with Crippen LogP contribution in [0.1, 0.15) is 77.0 Å². The number of ketones is 2. The Morgan fingerprint density at radius 1 is 0.541 bits per heavy atom. The molecule has 0 aliphatic carbocycles. The van der Waals surface area contributed by atoms with E-state index in [9.17, 15) is 19.2 Å². The zero-order chi connectivity index (χ0) is 43.5. The molecule has 6 heterocycles. The van der Waals surface area contributed by atoms with E-state index in [1.165, 1.54) is 22.7 Å². The lowest BCUT2D eigenvalue weighted by atomic mass is 10.1. The van der Waals surface area contributed by atoms with Crippen LogP contribution in [-0.4, -0.2) is 78.9 Å². The molecule has 0 N–H and O–H groups in total. The van der Waals surface area contributed by atoms with Crippen LogP contribution in [0.5, 0.6) is 0 Å². The molecule has 0 radical (unpaired) electrons. The van der Waals surface area contributed by atoms with Gasteiger partial charge in [0.1, 0.15) is 11.4 Å². The average Bonchev–Trinajstić information content (AvgIpc) is 4.08. The van der Waals surface area contributed by atoms with Crippen molar-refractivity contribution in [2.45, 2.75) is 58.8 Å². The van der Waals surface area contributed by atoms with E-state index >= 15 is 0 Å². The summed E-state index contributed by atoms with van der Waals surface area (Å²) in [5.74, 6) is -0.918. The number of carbonyl (C=O) groups excluding carboxylic acids is 4. The quantitative estimate of drug-likeness (QED) is 0.0999. The predicted octanol–water partition coefficient (Wildman–Crippen LogP) is 12.5. The summed E-state index contributed by atoms with van der Waals surface area (Å²) in [6.07, 6.45) is 4.64. The standard InChI is InChI=1S/C22H20Cl3N3O2S.C21H18Cl3N3O2S/c1-13-21(17(29)12-20(30)27-9-3-2-4-10-27)26-28(16-6-5-14(23)11-15(16)24)22(13)18-7-8-19(25)31-18;1-12-20(16(28)11-19(29)26-8-2-3-9-26)25-27(15-5-4-13(22)10-14(15)23)21(12)17-6-7-18(24)30-17/h5-8,11H,2-4,9-10,12H2,1H3;4-7,10H,2-3,8-9,11H2,1H3. The smallest absolute Gasteiger partial charge is 0.230 e. The molecule has 10 nitrogen and oxygen atoms in total. The number of benzene rings is 2. The van der Waals surface area contributed by atoms with E-state index in [1.807, 2.05) is 26.0 Å². The first-order chi connectivity index (χ1) is 29.2. The molecule has 6 aromatic rings. The van der Waals surface area contributed by atoms with Gasteiger partial charge in [-0.1, -0.05) is 69.6 Å². The third-order valence-electron chi connectivity index (χ3n) is 10.5. The Hall–Kier alpha value is -3.72. The van der Waals surface area contributed by atoms with Gasteiger partial charge in [-0.2, -0.15) is 10.2 Å². The summed E-state index contributed by atoms with van der Waals surface area (Å²) in [6, 6.07) is 17.5. The third-order valence-corrected chi connectivity index (χ3v) is 14.0. The number of Topliss-reactive ketones (excluding diaryl/α,β-unsaturated/α-hetero) is 2. The minimum Gasteiger partial charge on any atom is -0.342 e.